The first kappa shape index (κ1) is 14.6. The summed E-state index contributed by atoms with van der Waals surface area (Å²) in [6.07, 6.45) is 6.90. The molecule has 1 aromatic rings. The van der Waals surface area contributed by atoms with Gasteiger partial charge in [-0.1, -0.05) is 31.4 Å². The van der Waals surface area contributed by atoms with Crippen molar-refractivity contribution in [3.63, 3.8) is 0 Å². The molecule has 0 aromatic heterocycles. The van der Waals surface area contributed by atoms with Gasteiger partial charge < -0.3 is 5.32 Å². The van der Waals surface area contributed by atoms with Crippen LogP contribution in [-0.2, 0) is 0 Å². The Hall–Kier alpha value is -0.830. The van der Waals surface area contributed by atoms with Gasteiger partial charge in [-0.3, -0.25) is 0 Å². The molecule has 0 bridgehead atoms. The van der Waals surface area contributed by atoms with Crippen LogP contribution in [0.15, 0.2) is 12.1 Å². The van der Waals surface area contributed by atoms with E-state index in [0.717, 1.165) is 30.9 Å². The zero-order valence-electron chi connectivity index (χ0n) is 11.2. The van der Waals surface area contributed by atoms with Gasteiger partial charge in [0, 0.05) is 12.1 Å². The number of anilines is 1. The monoisotopic (exact) mass is 287 g/mol. The van der Waals surface area contributed by atoms with Gasteiger partial charge in [-0.25, -0.2) is 8.78 Å². The van der Waals surface area contributed by atoms with Crippen molar-refractivity contribution in [3.8, 4) is 0 Å². The molecular weight excluding hydrogens is 268 g/mol. The van der Waals surface area contributed by atoms with Gasteiger partial charge in [0.25, 0.3) is 0 Å². The molecule has 1 fully saturated rings. The van der Waals surface area contributed by atoms with Crippen LogP contribution < -0.4 is 5.32 Å². The third-order valence-corrected chi connectivity index (χ3v) is 4.20. The van der Waals surface area contributed by atoms with Gasteiger partial charge in [0.2, 0.25) is 0 Å². The van der Waals surface area contributed by atoms with E-state index >= 15 is 0 Å². The number of benzene rings is 1. The van der Waals surface area contributed by atoms with Crippen molar-refractivity contribution in [2.45, 2.75) is 51.5 Å². The predicted molar refractivity (Wildman–Crippen MR) is 75.6 cm³/mol. The van der Waals surface area contributed by atoms with Gasteiger partial charge >= 0.3 is 0 Å². The Morgan fingerprint density at radius 1 is 1.21 bits per heavy atom. The summed E-state index contributed by atoms with van der Waals surface area (Å²) in [5.74, 6) is -0.447. The maximum absolute atomic E-state index is 13.7. The van der Waals surface area contributed by atoms with E-state index in [1.165, 1.54) is 25.7 Å². The van der Waals surface area contributed by atoms with Gasteiger partial charge in [0.1, 0.15) is 5.82 Å². The first-order chi connectivity index (χ1) is 9.10. The van der Waals surface area contributed by atoms with Crippen molar-refractivity contribution in [1.29, 1.82) is 0 Å². The zero-order valence-corrected chi connectivity index (χ0v) is 11.9. The van der Waals surface area contributed by atoms with Crippen LogP contribution in [0.25, 0.3) is 0 Å². The van der Waals surface area contributed by atoms with Gasteiger partial charge in [-0.2, -0.15) is 0 Å². The van der Waals surface area contributed by atoms with Crippen LogP contribution in [-0.4, -0.2) is 6.04 Å². The first-order valence-electron chi connectivity index (χ1n) is 7.01. The standard InChI is InChI=1S/C15H20ClF2N/c1-2-3-10-4-6-12(7-5-10)19-15-13(16)8-11(17)9-14(15)18/h8-10,12,19H,2-7H2,1H3. The summed E-state index contributed by atoms with van der Waals surface area (Å²) in [4.78, 5) is 0. The van der Waals surface area contributed by atoms with Crippen LogP contribution in [0.1, 0.15) is 45.4 Å². The fourth-order valence-electron chi connectivity index (χ4n) is 2.89. The van der Waals surface area contributed by atoms with E-state index < -0.39 is 11.6 Å². The summed E-state index contributed by atoms with van der Waals surface area (Å²) in [5, 5.41) is 3.25. The van der Waals surface area contributed by atoms with Crippen molar-refractivity contribution >= 4 is 17.3 Å². The quantitative estimate of drug-likeness (QED) is 0.783. The highest BCUT2D eigenvalue weighted by molar-refractivity contribution is 6.33. The Labute approximate surface area is 118 Å². The van der Waals surface area contributed by atoms with Crippen LogP contribution in [0.5, 0.6) is 0 Å². The van der Waals surface area contributed by atoms with Crippen molar-refractivity contribution in [1.82, 2.24) is 0 Å². The molecule has 106 valence electrons. The summed E-state index contributed by atoms with van der Waals surface area (Å²) in [6, 6.07) is 2.26. The average molecular weight is 288 g/mol. The summed E-state index contributed by atoms with van der Waals surface area (Å²) in [7, 11) is 0. The average Bonchev–Trinajstić information content (AvgIpc) is 2.36. The summed E-state index contributed by atoms with van der Waals surface area (Å²) in [6.45, 7) is 2.21. The Morgan fingerprint density at radius 3 is 2.47 bits per heavy atom. The van der Waals surface area contributed by atoms with E-state index in [-0.39, 0.29) is 16.8 Å². The topological polar surface area (TPSA) is 12.0 Å². The van der Waals surface area contributed by atoms with E-state index in [0.29, 0.717) is 0 Å². The largest absolute Gasteiger partial charge is 0.379 e. The summed E-state index contributed by atoms with van der Waals surface area (Å²) >= 11 is 5.89. The molecule has 1 aliphatic rings. The molecule has 4 heteroatoms. The van der Waals surface area contributed by atoms with Crippen LogP contribution in [0, 0.1) is 17.6 Å². The lowest BCUT2D eigenvalue weighted by atomic mass is 9.83. The fourth-order valence-corrected chi connectivity index (χ4v) is 3.14. The highest BCUT2D eigenvalue weighted by Crippen LogP contribution is 2.32. The Balaban J connectivity index is 1.96. The van der Waals surface area contributed by atoms with Gasteiger partial charge in [-0.15, -0.1) is 0 Å². The molecule has 1 nitrogen and oxygen atoms in total. The zero-order chi connectivity index (χ0) is 13.8. The minimum absolute atomic E-state index is 0.119. The van der Waals surface area contributed by atoms with Crippen LogP contribution in [0.4, 0.5) is 14.5 Å². The van der Waals surface area contributed by atoms with Gasteiger partial charge in [0.15, 0.2) is 5.82 Å². The highest BCUT2D eigenvalue weighted by Gasteiger charge is 2.22. The molecule has 0 radical (unpaired) electrons. The molecule has 0 atom stereocenters. The predicted octanol–water partition coefficient (Wildman–Crippen LogP) is 5.39. The van der Waals surface area contributed by atoms with Gasteiger partial charge in [0.05, 0.1) is 10.7 Å². The van der Waals surface area contributed by atoms with Gasteiger partial charge in [-0.05, 0) is 37.7 Å². The maximum Gasteiger partial charge on any atom is 0.150 e. The third kappa shape index (κ3) is 3.82. The number of hydrogen-bond donors (Lipinski definition) is 1. The molecule has 0 unspecified atom stereocenters. The molecule has 0 heterocycles. The molecule has 1 N–H and O–H groups in total. The fraction of sp³-hybridized carbons (Fsp3) is 0.600. The van der Waals surface area contributed by atoms with E-state index in [1.54, 1.807) is 0 Å². The minimum atomic E-state index is -0.639. The maximum atomic E-state index is 13.7. The first-order valence-corrected chi connectivity index (χ1v) is 7.39. The second kappa shape index (κ2) is 6.56. The van der Waals surface area contributed by atoms with E-state index in [1.807, 2.05) is 0 Å². The van der Waals surface area contributed by atoms with E-state index in [9.17, 15) is 8.78 Å². The number of hydrogen-bond acceptors (Lipinski definition) is 1. The minimum Gasteiger partial charge on any atom is -0.379 e. The normalized spacial score (nSPS) is 23.4. The molecule has 1 saturated carbocycles. The molecule has 0 aliphatic heterocycles. The van der Waals surface area contributed by atoms with Crippen LogP contribution in [0.3, 0.4) is 0 Å². The Bertz CT molecular complexity index is 405. The molecule has 0 amide bonds. The molecular formula is C15H20ClF2N. The molecule has 1 aliphatic carbocycles. The lowest BCUT2D eigenvalue weighted by molar-refractivity contribution is 0.318. The van der Waals surface area contributed by atoms with Crippen LogP contribution in [0.2, 0.25) is 5.02 Å². The smallest absolute Gasteiger partial charge is 0.150 e. The number of rotatable bonds is 4. The molecule has 0 spiro atoms. The second-order valence-electron chi connectivity index (χ2n) is 5.40. The van der Waals surface area contributed by atoms with Crippen LogP contribution >= 0.6 is 11.6 Å². The molecule has 0 saturated heterocycles. The lowest BCUT2D eigenvalue weighted by Gasteiger charge is -2.30. The molecule has 2 rings (SSSR count). The SMILES string of the molecule is CCCC1CCC(Nc2c(F)cc(F)cc2Cl)CC1. The third-order valence-electron chi connectivity index (χ3n) is 3.90. The van der Waals surface area contributed by atoms with Crippen molar-refractivity contribution in [3.05, 3.63) is 28.8 Å². The highest BCUT2D eigenvalue weighted by atomic mass is 35.5. The van der Waals surface area contributed by atoms with Crippen molar-refractivity contribution in [2.75, 3.05) is 5.32 Å². The Kier molecular flexibility index (Phi) is 5.03. The molecule has 19 heavy (non-hydrogen) atoms. The Morgan fingerprint density at radius 2 is 1.89 bits per heavy atom. The van der Waals surface area contributed by atoms with E-state index in [2.05, 4.69) is 12.2 Å². The number of nitrogens with one attached hydrogen (secondary N) is 1. The lowest BCUT2D eigenvalue weighted by Crippen LogP contribution is -2.26. The van der Waals surface area contributed by atoms with Crippen molar-refractivity contribution < 1.29 is 8.78 Å². The van der Waals surface area contributed by atoms with E-state index in [4.69, 9.17) is 11.6 Å². The summed E-state index contributed by atoms with van der Waals surface area (Å²) < 4.78 is 26.6. The van der Waals surface area contributed by atoms with Crippen molar-refractivity contribution in [2.24, 2.45) is 5.92 Å². The second-order valence-corrected chi connectivity index (χ2v) is 5.80. The molecule has 1 aromatic carbocycles. The number of halogens is 3. The summed E-state index contributed by atoms with van der Waals surface area (Å²) in [5.41, 5.74) is 0.238.